The Labute approximate surface area is 482 Å². The van der Waals surface area contributed by atoms with Crippen LogP contribution in [0.1, 0.15) is 297 Å². The lowest BCUT2D eigenvalue weighted by molar-refractivity contribution is -0.167. The standard InChI is InChI=1S/C72H120O6/c1-4-7-10-13-16-19-22-24-26-28-29-30-31-32-33-34-35-36-37-38-39-40-41-42-43-45-46-48-50-53-56-59-62-65-71(74)77-68-69(67-76-70(73)64-61-58-55-52-21-18-15-12-9-6-3)78-72(75)66-63-60-57-54-51-49-47-44-27-25-23-20-17-14-11-8-5-2/h7,10,12,15-16,19,24,26,29-30,32-33,35-36,38-39,41-42,45-46,69H,4-6,8-9,11,13-14,17-18,20-23,25,27-28,31,34,37,40,43-44,47-68H2,1-3H3/b10-7-,15-12-,19-16-,26-24-,30-29-,33-32-,36-35-,39-38-,42-41-,46-45-. The maximum atomic E-state index is 12.9. The normalized spacial score (nSPS) is 12.9. The van der Waals surface area contributed by atoms with Crippen LogP contribution in [0.4, 0.5) is 0 Å². The average Bonchev–Trinajstić information content (AvgIpc) is 3.44. The number of hydrogen-bond donors (Lipinski definition) is 0. The van der Waals surface area contributed by atoms with Gasteiger partial charge >= 0.3 is 17.9 Å². The molecule has 0 aromatic heterocycles. The van der Waals surface area contributed by atoms with E-state index in [1.807, 2.05) is 0 Å². The summed E-state index contributed by atoms with van der Waals surface area (Å²) < 4.78 is 16.9. The molecule has 0 aliphatic rings. The number of carbonyl (C=O) groups excluding carboxylic acids is 3. The van der Waals surface area contributed by atoms with Gasteiger partial charge in [0.15, 0.2) is 6.10 Å². The third-order valence-corrected chi connectivity index (χ3v) is 13.7. The van der Waals surface area contributed by atoms with Gasteiger partial charge in [0.1, 0.15) is 13.2 Å². The summed E-state index contributed by atoms with van der Waals surface area (Å²) in [6.45, 7) is 6.46. The SMILES string of the molecule is CC/C=C\C/C=C\C/C=C\C/C=C\C/C=C\C/C=C\C/C=C\C/C=C\C/C=C\CCCCCCCC(=O)OCC(COC(=O)CCCCCCC/C=C\CCC)OC(=O)CCCCCCCCCCCCCCCCCCC. The van der Waals surface area contributed by atoms with Gasteiger partial charge in [0.05, 0.1) is 0 Å². The van der Waals surface area contributed by atoms with Gasteiger partial charge in [-0.15, -0.1) is 0 Å². The topological polar surface area (TPSA) is 78.9 Å². The summed E-state index contributed by atoms with van der Waals surface area (Å²) in [5.74, 6) is -0.911. The van der Waals surface area contributed by atoms with Crippen LogP contribution in [0.3, 0.4) is 0 Å². The molecule has 0 aromatic carbocycles. The molecule has 0 rings (SSSR count). The smallest absolute Gasteiger partial charge is 0.306 e. The Morgan fingerprint density at radius 2 is 0.526 bits per heavy atom. The Balaban J connectivity index is 4.26. The Morgan fingerprint density at radius 3 is 0.846 bits per heavy atom. The Hall–Kier alpha value is -4.19. The first-order valence-corrected chi connectivity index (χ1v) is 32.5. The van der Waals surface area contributed by atoms with E-state index in [4.69, 9.17) is 14.2 Å². The maximum Gasteiger partial charge on any atom is 0.306 e. The highest BCUT2D eigenvalue weighted by Gasteiger charge is 2.19. The van der Waals surface area contributed by atoms with Gasteiger partial charge in [0.2, 0.25) is 0 Å². The van der Waals surface area contributed by atoms with Gasteiger partial charge < -0.3 is 14.2 Å². The molecule has 0 radical (unpaired) electrons. The molecule has 0 N–H and O–H groups in total. The van der Waals surface area contributed by atoms with Crippen LogP contribution in [0.2, 0.25) is 0 Å². The number of esters is 3. The molecule has 1 unspecified atom stereocenters. The summed E-state index contributed by atoms with van der Waals surface area (Å²) >= 11 is 0. The number of ether oxygens (including phenoxy) is 3. The van der Waals surface area contributed by atoms with Gasteiger partial charge in [0.25, 0.3) is 0 Å². The van der Waals surface area contributed by atoms with E-state index in [9.17, 15) is 14.4 Å². The summed E-state index contributed by atoms with van der Waals surface area (Å²) in [4.78, 5) is 38.2. The van der Waals surface area contributed by atoms with Gasteiger partial charge in [-0.1, -0.05) is 290 Å². The minimum Gasteiger partial charge on any atom is -0.462 e. The van der Waals surface area contributed by atoms with Crippen LogP contribution in [0.15, 0.2) is 122 Å². The van der Waals surface area contributed by atoms with Crippen molar-refractivity contribution in [2.45, 2.75) is 303 Å². The quantitative estimate of drug-likeness (QED) is 0.0261. The highest BCUT2D eigenvalue weighted by molar-refractivity contribution is 5.71. The molecule has 1 atom stereocenters. The Kier molecular flexibility index (Phi) is 61.8. The molecule has 0 aromatic rings. The van der Waals surface area contributed by atoms with Crippen LogP contribution in [0.25, 0.3) is 0 Å². The molecule has 0 spiro atoms. The fourth-order valence-electron chi connectivity index (χ4n) is 8.85. The van der Waals surface area contributed by atoms with Crippen molar-refractivity contribution in [2.24, 2.45) is 0 Å². The molecular formula is C72H120O6. The van der Waals surface area contributed by atoms with E-state index >= 15 is 0 Å². The van der Waals surface area contributed by atoms with Crippen molar-refractivity contribution in [1.29, 1.82) is 0 Å². The molecule has 0 bridgehead atoms. The van der Waals surface area contributed by atoms with Crippen LogP contribution < -0.4 is 0 Å². The van der Waals surface area contributed by atoms with E-state index in [0.29, 0.717) is 19.3 Å². The number of allylic oxidation sites excluding steroid dienone is 20. The van der Waals surface area contributed by atoms with Crippen molar-refractivity contribution in [3.8, 4) is 0 Å². The predicted octanol–water partition coefficient (Wildman–Crippen LogP) is 22.4. The van der Waals surface area contributed by atoms with Crippen LogP contribution in [-0.4, -0.2) is 37.2 Å². The summed E-state index contributed by atoms with van der Waals surface area (Å²) in [5.41, 5.74) is 0. The number of hydrogen-bond acceptors (Lipinski definition) is 6. The van der Waals surface area contributed by atoms with Crippen molar-refractivity contribution in [3.05, 3.63) is 122 Å². The minimum atomic E-state index is -0.790. The molecule has 0 heterocycles. The first-order chi connectivity index (χ1) is 38.5. The van der Waals surface area contributed by atoms with Crippen molar-refractivity contribution in [1.82, 2.24) is 0 Å². The molecule has 0 saturated heterocycles. The van der Waals surface area contributed by atoms with Crippen LogP contribution in [-0.2, 0) is 28.6 Å². The molecule has 0 saturated carbocycles. The van der Waals surface area contributed by atoms with Crippen molar-refractivity contribution in [3.63, 3.8) is 0 Å². The predicted molar refractivity (Wildman–Crippen MR) is 339 cm³/mol. The third kappa shape index (κ3) is 62.7. The van der Waals surface area contributed by atoms with Gasteiger partial charge in [0, 0.05) is 19.3 Å². The number of unbranched alkanes of at least 4 members (excludes halogenated alkanes) is 27. The van der Waals surface area contributed by atoms with Gasteiger partial charge in [-0.2, -0.15) is 0 Å². The zero-order valence-electron chi connectivity index (χ0n) is 50.9. The van der Waals surface area contributed by atoms with E-state index in [0.717, 1.165) is 154 Å². The number of rotatable bonds is 58. The zero-order chi connectivity index (χ0) is 56.4. The maximum absolute atomic E-state index is 12.9. The molecule has 0 aliphatic carbocycles. The highest BCUT2D eigenvalue weighted by Crippen LogP contribution is 2.16. The zero-order valence-corrected chi connectivity index (χ0v) is 50.9. The first-order valence-electron chi connectivity index (χ1n) is 32.5. The van der Waals surface area contributed by atoms with Crippen LogP contribution >= 0.6 is 0 Å². The second-order valence-corrected chi connectivity index (χ2v) is 21.3. The molecule has 0 aliphatic heterocycles. The van der Waals surface area contributed by atoms with Crippen molar-refractivity contribution in [2.75, 3.05) is 13.2 Å². The summed E-state index contributed by atoms with van der Waals surface area (Å²) in [6, 6.07) is 0. The van der Waals surface area contributed by atoms with Crippen molar-refractivity contribution < 1.29 is 28.6 Å². The second-order valence-electron chi connectivity index (χ2n) is 21.3. The fourth-order valence-corrected chi connectivity index (χ4v) is 8.85. The Bertz CT molecular complexity index is 1620. The second kappa shape index (κ2) is 65.3. The van der Waals surface area contributed by atoms with Crippen molar-refractivity contribution >= 4 is 17.9 Å². The van der Waals surface area contributed by atoms with E-state index in [1.165, 1.54) is 103 Å². The highest BCUT2D eigenvalue weighted by atomic mass is 16.6. The van der Waals surface area contributed by atoms with E-state index in [1.54, 1.807) is 0 Å². The average molecular weight is 1080 g/mol. The van der Waals surface area contributed by atoms with E-state index in [-0.39, 0.29) is 31.1 Å². The Morgan fingerprint density at radius 1 is 0.269 bits per heavy atom. The molecular weight excluding hydrogens is 961 g/mol. The van der Waals surface area contributed by atoms with Gasteiger partial charge in [-0.25, -0.2) is 0 Å². The molecule has 6 heteroatoms. The lowest BCUT2D eigenvalue weighted by atomic mass is 10.0. The monoisotopic (exact) mass is 1080 g/mol. The lowest BCUT2D eigenvalue weighted by Gasteiger charge is -2.18. The van der Waals surface area contributed by atoms with E-state index in [2.05, 4.69) is 142 Å². The van der Waals surface area contributed by atoms with Crippen LogP contribution in [0, 0.1) is 0 Å². The first kappa shape index (κ1) is 73.8. The molecule has 0 fully saturated rings. The third-order valence-electron chi connectivity index (χ3n) is 13.7. The summed E-state index contributed by atoms with van der Waals surface area (Å²) in [6.07, 6.45) is 90.7. The van der Waals surface area contributed by atoms with Crippen LogP contribution in [0.5, 0.6) is 0 Å². The molecule has 78 heavy (non-hydrogen) atoms. The largest absolute Gasteiger partial charge is 0.462 e. The number of carbonyl (C=O) groups is 3. The lowest BCUT2D eigenvalue weighted by Crippen LogP contribution is -2.30. The minimum absolute atomic E-state index is 0.0879. The summed E-state index contributed by atoms with van der Waals surface area (Å²) in [5, 5.41) is 0. The van der Waals surface area contributed by atoms with E-state index < -0.39 is 6.10 Å². The molecule has 444 valence electrons. The molecule has 0 amide bonds. The van der Waals surface area contributed by atoms with Gasteiger partial charge in [-0.3, -0.25) is 14.4 Å². The fraction of sp³-hybridized carbons (Fsp3) is 0.681. The molecule has 6 nitrogen and oxygen atoms in total. The summed E-state index contributed by atoms with van der Waals surface area (Å²) in [7, 11) is 0. The van der Waals surface area contributed by atoms with Gasteiger partial charge in [-0.05, 0) is 109 Å².